The van der Waals surface area contributed by atoms with Crippen molar-refractivity contribution in [1.82, 2.24) is 15.3 Å². The molecule has 3 rings (SSSR count). The second-order valence-corrected chi connectivity index (χ2v) is 7.05. The van der Waals surface area contributed by atoms with Gasteiger partial charge in [0, 0.05) is 51.7 Å². The Morgan fingerprint density at radius 3 is 2.81 bits per heavy atom. The molecule has 0 aromatic carbocycles. The van der Waals surface area contributed by atoms with E-state index in [0.717, 1.165) is 57.0 Å². The summed E-state index contributed by atoms with van der Waals surface area (Å²) in [5.41, 5.74) is 1.01. The van der Waals surface area contributed by atoms with Crippen molar-refractivity contribution in [2.24, 2.45) is 5.92 Å². The lowest BCUT2D eigenvalue weighted by Gasteiger charge is -2.33. The van der Waals surface area contributed by atoms with Gasteiger partial charge in [0.05, 0.1) is 18.9 Å². The van der Waals surface area contributed by atoms with Crippen molar-refractivity contribution in [2.45, 2.75) is 32.1 Å². The third-order valence-corrected chi connectivity index (χ3v) is 5.05. The number of aromatic nitrogens is 2. The maximum atomic E-state index is 11.1. The molecule has 0 unspecified atom stereocenters. The molecule has 0 aliphatic carbocycles. The van der Waals surface area contributed by atoms with Crippen LogP contribution in [0.25, 0.3) is 0 Å². The number of carbonyl (C=O) groups is 1. The number of hydrogen-bond donors (Lipinski definition) is 3. The van der Waals surface area contributed by atoms with E-state index in [4.69, 9.17) is 9.84 Å². The minimum absolute atomic E-state index is 0.0336. The highest BCUT2D eigenvalue weighted by atomic mass is 16.5. The van der Waals surface area contributed by atoms with Gasteiger partial charge in [-0.3, -0.25) is 4.79 Å². The predicted molar refractivity (Wildman–Crippen MR) is 99.4 cm³/mol. The highest BCUT2D eigenvalue weighted by molar-refractivity contribution is 5.72. The highest BCUT2D eigenvalue weighted by Gasteiger charge is 2.24. The minimum atomic E-state index is 0.0336. The summed E-state index contributed by atoms with van der Waals surface area (Å²) < 4.78 is 5.51. The number of piperidine rings is 1. The number of ether oxygens (including phenoxy) is 1. The molecule has 8 heteroatoms. The molecule has 1 aromatic rings. The van der Waals surface area contributed by atoms with Crippen molar-refractivity contribution >= 4 is 17.7 Å². The van der Waals surface area contributed by atoms with Gasteiger partial charge in [-0.15, -0.1) is 0 Å². The van der Waals surface area contributed by atoms with Gasteiger partial charge in [0.2, 0.25) is 11.9 Å². The molecule has 26 heavy (non-hydrogen) atoms. The first-order chi connectivity index (χ1) is 12.7. The molecule has 1 atom stereocenters. The van der Waals surface area contributed by atoms with E-state index in [1.54, 1.807) is 6.92 Å². The number of nitrogens with zero attached hydrogens (tertiary/aromatic N) is 3. The lowest BCUT2D eigenvalue weighted by molar-refractivity contribution is -0.119. The van der Waals surface area contributed by atoms with Gasteiger partial charge in [0.15, 0.2) is 0 Å². The maximum absolute atomic E-state index is 11.1. The van der Waals surface area contributed by atoms with E-state index in [1.165, 1.54) is 0 Å². The molecule has 2 aliphatic rings. The monoisotopic (exact) mass is 363 g/mol. The van der Waals surface area contributed by atoms with Crippen molar-refractivity contribution in [3.8, 4) is 0 Å². The van der Waals surface area contributed by atoms with Crippen LogP contribution in [-0.4, -0.2) is 67.0 Å². The number of carbonyl (C=O) groups excluding carboxylic acids is 1. The second kappa shape index (κ2) is 9.14. The molecule has 0 radical (unpaired) electrons. The fourth-order valence-electron chi connectivity index (χ4n) is 3.49. The first-order valence-corrected chi connectivity index (χ1v) is 9.46. The molecule has 0 saturated carbocycles. The zero-order valence-electron chi connectivity index (χ0n) is 15.4. The summed E-state index contributed by atoms with van der Waals surface area (Å²) in [6.45, 7) is 6.11. The zero-order chi connectivity index (χ0) is 18.4. The van der Waals surface area contributed by atoms with Crippen molar-refractivity contribution in [2.75, 3.05) is 56.2 Å². The van der Waals surface area contributed by atoms with Crippen LogP contribution < -0.4 is 15.5 Å². The maximum Gasteiger partial charge on any atom is 0.224 e. The number of aliphatic hydroxyl groups is 1. The SMILES string of the molecule is CC(=O)NCC1CCN(c2cc([C@H]3CCOC3)nc(NCCO)n2)CC1. The minimum Gasteiger partial charge on any atom is -0.395 e. The van der Waals surface area contributed by atoms with Gasteiger partial charge in [-0.2, -0.15) is 4.98 Å². The van der Waals surface area contributed by atoms with Crippen molar-refractivity contribution in [1.29, 1.82) is 0 Å². The van der Waals surface area contributed by atoms with Crippen LogP contribution >= 0.6 is 0 Å². The zero-order valence-corrected chi connectivity index (χ0v) is 15.4. The Hall–Kier alpha value is -1.93. The van der Waals surface area contributed by atoms with E-state index in [-0.39, 0.29) is 12.5 Å². The van der Waals surface area contributed by atoms with Crippen LogP contribution in [0.5, 0.6) is 0 Å². The van der Waals surface area contributed by atoms with Gasteiger partial charge < -0.3 is 25.4 Å². The lowest BCUT2D eigenvalue weighted by Crippen LogP contribution is -2.38. The summed E-state index contributed by atoms with van der Waals surface area (Å²) >= 11 is 0. The molecule has 3 N–H and O–H groups in total. The van der Waals surface area contributed by atoms with Crippen LogP contribution in [0.2, 0.25) is 0 Å². The van der Waals surface area contributed by atoms with Crippen LogP contribution in [0.4, 0.5) is 11.8 Å². The van der Waals surface area contributed by atoms with E-state index >= 15 is 0 Å². The van der Waals surface area contributed by atoms with E-state index < -0.39 is 0 Å². The summed E-state index contributed by atoms with van der Waals surface area (Å²) in [6.07, 6.45) is 3.05. The summed E-state index contributed by atoms with van der Waals surface area (Å²) in [6, 6.07) is 2.08. The van der Waals surface area contributed by atoms with Crippen LogP contribution in [0, 0.1) is 5.92 Å². The average Bonchev–Trinajstić information content (AvgIpc) is 3.20. The van der Waals surface area contributed by atoms with E-state index in [9.17, 15) is 4.79 Å². The van der Waals surface area contributed by atoms with E-state index in [0.29, 0.717) is 30.9 Å². The van der Waals surface area contributed by atoms with Gasteiger partial charge in [0.1, 0.15) is 5.82 Å². The van der Waals surface area contributed by atoms with Gasteiger partial charge in [-0.1, -0.05) is 0 Å². The Morgan fingerprint density at radius 2 is 2.15 bits per heavy atom. The fourth-order valence-corrected chi connectivity index (χ4v) is 3.49. The summed E-state index contributed by atoms with van der Waals surface area (Å²) in [4.78, 5) is 22.6. The first-order valence-electron chi connectivity index (χ1n) is 9.46. The molecule has 0 spiro atoms. The second-order valence-electron chi connectivity index (χ2n) is 7.05. The smallest absolute Gasteiger partial charge is 0.224 e. The average molecular weight is 363 g/mol. The standard InChI is InChI=1S/C18H29N5O3/c1-13(25)20-11-14-2-6-23(7-3-14)17-10-16(15-4-9-26-12-15)21-18(22-17)19-5-8-24/h10,14-15,24H,2-9,11-12H2,1H3,(H,20,25)(H,19,21,22)/t15-/m0/s1. The molecule has 144 valence electrons. The Bertz CT molecular complexity index is 598. The van der Waals surface area contributed by atoms with Gasteiger partial charge in [0.25, 0.3) is 0 Å². The van der Waals surface area contributed by atoms with E-state index in [1.807, 2.05) is 0 Å². The Labute approximate surface area is 154 Å². The highest BCUT2D eigenvalue weighted by Crippen LogP contribution is 2.29. The topological polar surface area (TPSA) is 99.6 Å². The molecule has 0 bridgehead atoms. The summed E-state index contributed by atoms with van der Waals surface area (Å²) in [5.74, 6) is 2.36. The Kier molecular flexibility index (Phi) is 6.62. The van der Waals surface area contributed by atoms with Gasteiger partial charge in [-0.05, 0) is 25.2 Å². The summed E-state index contributed by atoms with van der Waals surface area (Å²) in [5, 5.41) is 15.1. The number of aliphatic hydroxyl groups excluding tert-OH is 1. The fraction of sp³-hybridized carbons (Fsp3) is 0.722. The number of amides is 1. The van der Waals surface area contributed by atoms with Gasteiger partial charge >= 0.3 is 0 Å². The molecular formula is C18H29N5O3. The first kappa shape index (κ1) is 18.8. The van der Waals surface area contributed by atoms with Crippen LogP contribution in [0.1, 0.15) is 37.8 Å². The van der Waals surface area contributed by atoms with Crippen molar-refractivity contribution < 1.29 is 14.6 Å². The number of nitrogens with one attached hydrogen (secondary N) is 2. The molecule has 1 aromatic heterocycles. The van der Waals surface area contributed by atoms with E-state index in [2.05, 4.69) is 31.6 Å². The molecule has 1 amide bonds. The third-order valence-electron chi connectivity index (χ3n) is 5.05. The van der Waals surface area contributed by atoms with Gasteiger partial charge in [-0.25, -0.2) is 4.98 Å². The molecule has 2 fully saturated rings. The Morgan fingerprint density at radius 1 is 1.35 bits per heavy atom. The number of rotatable bonds is 7. The van der Waals surface area contributed by atoms with Crippen molar-refractivity contribution in [3.63, 3.8) is 0 Å². The van der Waals surface area contributed by atoms with Crippen LogP contribution in [0.15, 0.2) is 6.07 Å². The molecule has 3 heterocycles. The quantitative estimate of drug-likeness (QED) is 0.657. The van der Waals surface area contributed by atoms with Crippen LogP contribution in [0.3, 0.4) is 0 Å². The van der Waals surface area contributed by atoms with Crippen molar-refractivity contribution in [3.05, 3.63) is 11.8 Å². The van der Waals surface area contributed by atoms with Crippen LogP contribution in [-0.2, 0) is 9.53 Å². The molecule has 2 saturated heterocycles. The predicted octanol–water partition coefficient (Wildman–Crippen LogP) is 0.737. The summed E-state index contributed by atoms with van der Waals surface area (Å²) in [7, 11) is 0. The molecule has 2 aliphatic heterocycles. The largest absolute Gasteiger partial charge is 0.395 e. The third kappa shape index (κ3) is 5.04. The lowest BCUT2D eigenvalue weighted by atomic mass is 9.96. The number of anilines is 2. The normalized spacial score (nSPS) is 21.0. The number of hydrogen-bond acceptors (Lipinski definition) is 7. The molecular weight excluding hydrogens is 334 g/mol. The Balaban J connectivity index is 1.68. The molecule has 8 nitrogen and oxygen atoms in total.